The first kappa shape index (κ1) is 12.4. The van der Waals surface area contributed by atoms with Gasteiger partial charge < -0.3 is 15.6 Å². The first-order valence-corrected chi connectivity index (χ1v) is 4.41. The van der Waals surface area contributed by atoms with Crippen molar-refractivity contribution in [1.29, 1.82) is 0 Å². The zero-order chi connectivity index (χ0) is 12.3. The van der Waals surface area contributed by atoms with E-state index in [1.54, 1.807) is 0 Å². The third-order valence-electron chi connectivity index (χ3n) is 2.10. The van der Waals surface area contributed by atoms with Crippen molar-refractivity contribution in [3.05, 3.63) is 29.8 Å². The summed E-state index contributed by atoms with van der Waals surface area (Å²) in [6, 6.07) is 5.32. The minimum atomic E-state index is -2.95. The van der Waals surface area contributed by atoms with Gasteiger partial charge in [-0.2, -0.15) is 8.78 Å². The van der Waals surface area contributed by atoms with Crippen LogP contribution in [0.25, 0.3) is 0 Å². The molecule has 0 radical (unpaired) electrons. The number of alkyl halides is 2. The van der Waals surface area contributed by atoms with Crippen LogP contribution in [-0.2, 0) is 10.3 Å². The Morgan fingerprint density at radius 3 is 2.69 bits per heavy atom. The molecule has 3 N–H and O–H groups in total. The number of hydrogen-bond donors (Lipinski definition) is 2. The molecule has 0 spiro atoms. The molecule has 0 aromatic heterocycles. The molecule has 0 aliphatic rings. The van der Waals surface area contributed by atoms with E-state index < -0.39 is 18.1 Å². The van der Waals surface area contributed by atoms with Crippen LogP contribution in [0.3, 0.4) is 0 Å². The summed E-state index contributed by atoms with van der Waals surface area (Å²) in [5.74, 6) is -1.37. The average Bonchev–Trinajstić information content (AvgIpc) is 2.16. The van der Waals surface area contributed by atoms with Gasteiger partial charge in [0.05, 0.1) is 0 Å². The normalized spacial score (nSPS) is 14.6. The Bertz CT molecular complexity index is 393. The summed E-state index contributed by atoms with van der Waals surface area (Å²) in [7, 11) is 0. The maximum atomic E-state index is 11.9. The molecule has 1 aromatic carbocycles. The van der Waals surface area contributed by atoms with Gasteiger partial charge in [0, 0.05) is 0 Å². The number of aliphatic carboxylic acids is 1. The van der Waals surface area contributed by atoms with Crippen molar-refractivity contribution in [2.45, 2.75) is 19.1 Å². The number of rotatable bonds is 4. The Balaban J connectivity index is 3.03. The smallest absolute Gasteiger partial charge is 0.387 e. The van der Waals surface area contributed by atoms with Gasteiger partial charge in [0.1, 0.15) is 11.3 Å². The minimum Gasteiger partial charge on any atom is -0.480 e. The number of ether oxygens (including phenoxy) is 1. The van der Waals surface area contributed by atoms with Crippen LogP contribution < -0.4 is 10.5 Å². The number of hydrogen-bond acceptors (Lipinski definition) is 3. The average molecular weight is 231 g/mol. The molecule has 1 rings (SSSR count). The van der Waals surface area contributed by atoms with E-state index in [4.69, 9.17) is 10.8 Å². The van der Waals surface area contributed by atoms with Crippen molar-refractivity contribution >= 4 is 5.97 Å². The topological polar surface area (TPSA) is 72.6 Å². The number of carbonyl (C=O) groups is 1. The lowest BCUT2D eigenvalue weighted by atomic mass is 9.93. The highest BCUT2D eigenvalue weighted by Gasteiger charge is 2.30. The molecule has 88 valence electrons. The lowest BCUT2D eigenvalue weighted by Crippen LogP contribution is -2.41. The van der Waals surface area contributed by atoms with E-state index in [2.05, 4.69) is 4.74 Å². The van der Waals surface area contributed by atoms with Gasteiger partial charge in [-0.05, 0) is 24.6 Å². The molecule has 0 saturated heterocycles. The van der Waals surface area contributed by atoms with Gasteiger partial charge in [0.15, 0.2) is 0 Å². The van der Waals surface area contributed by atoms with Crippen molar-refractivity contribution in [2.24, 2.45) is 5.73 Å². The van der Waals surface area contributed by atoms with E-state index >= 15 is 0 Å². The highest BCUT2D eigenvalue weighted by molar-refractivity contribution is 5.80. The van der Waals surface area contributed by atoms with E-state index in [-0.39, 0.29) is 11.3 Å². The van der Waals surface area contributed by atoms with E-state index in [1.165, 1.54) is 31.2 Å². The second-order valence-corrected chi connectivity index (χ2v) is 3.41. The van der Waals surface area contributed by atoms with Crippen molar-refractivity contribution < 1.29 is 23.4 Å². The fourth-order valence-electron chi connectivity index (χ4n) is 1.12. The van der Waals surface area contributed by atoms with Crippen LogP contribution >= 0.6 is 0 Å². The van der Waals surface area contributed by atoms with Gasteiger partial charge in [-0.1, -0.05) is 12.1 Å². The summed E-state index contributed by atoms with van der Waals surface area (Å²) in [5.41, 5.74) is 4.09. The van der Waals surface area contributed by atoms with Crippen molar-refractivity contribution in [1.82, 2.24) is 0 Å². The van der Waals surface area contributed by atoms with Gasteiger partial charge >= 0.3 is 12.6 Å². The molecule has 0 aliphatic carbocycles. The summed E-state index contributed by atoms with van der Waals surface area (Å²) < 4.78 is 28.0. The fourth-order valence-corrected chi connectivity index (χ4v) is 1.12. The predicted octanol–water partition coefficient (Wildman–Crippen LogP) is 1.55. The predicted molar refractivity (Wildman–Crippen MR) is 52.2 cm³/mol. The Kier molecular flexibility index (Phi) is 3.44. The van der Waals surface area contributed by atoms with E-state index in [0.29, 0.717) is 0 Å². The molecular weight excluding hydrogens is 220 g/mol. The molecule has 16 heavy (non-hydrogen) atoms. The van der Waals surface area contributed by atoms with Crippen molar-refractivity contribution in [3.63, 3.8) is 0 Å². The zero-order valence-corrected chi connectivity index (χ0v) is 8.48. The molecule has 0 bridgehead atoms. The Hall–Kier alpha value is -1.69. The van der Waals surface area contributed by atoms with Crippen LogP contribution in [0, 0.1) is 0 Å². The van der Waals surface area contributed by atoms with Crippen molar-refractivity contribution in [3.8, 4) is 5.75 Å². The second kappa shape index (κ2) is 4.44. The van der Waals surface area contributed by atoms with E-state index in [1.807, 2.05) is 0 Å². The molecule has 0 heterocycles. The third kappa shape index (κ3) is 2.66. The number of carboxylic acid groups (broad SMARTS) is 1. The molecule has 0 saturated carbocycles. The molecule has 0 amide bonds. The minimum absolute atomic E-state index is 0.120. The van der Waals surface area contributed by atoms with Crippen LogP contribution in [0.5, 0.6) is 5.75 Å². The highest BCUT2D eigenvalue weighted by atomic mass is 19.3. The molecule has 1 atom stereocenters. The summed E-state index contributed by atoms with van der Waals surface area (Å²) in [4.78, 5) is 10.8. The molecule has 1 unspecified atom stereocenters. The molecule has 4 nitrogen and oxygen atoms in total. The lowest BCUT2D eigenvalue weighted by Gasteiger charge is -2.20. The van der Waals surface area contributed by atoms with Gasteiger partial charge in [-0.3, -0.25) is 0 Å². The number of halogens is 2. The molecule has 1 aromatic rings. The highest BCUT2D eigenvalue weighted by Crippen LogP contribution is 2.23. The zero-order valence-electron chi connectivity index (χ0n) is 8.48. The molecule has 0 aliphatic heterocycles. The van der Waals surface area contributed by atoms with Gasteiger partial charge in [-0.15, -0.1) is 0 Å². The first-order valence-electron chi connectivity index (χ1n) is 4.41. The summed E-state index contributed by atoms with van der Waals surface area (Å²) >= 11 is 0. The largest absolute Gasteiger partial charge is 0.480 e. The molecule has 0 fully saturated rings. The Morgan fingerprint density at radius 2 is 2.19 bits per heavy atom. The maximum Gasteiger partial charge on any atom is 0.387 e. The standard InChI is InChI=1S/C10H11F2NO3/c1-10(13,8(14)15)6-3-2-4-7(5-6)16-9(11)12/h2-5,9H,13H2,1H3,(H,14,15). The third-order valence-corrected chi connectivity index (χ3v) is 2.10. The lowest BCUT2D eigenvalue weighted by molar-refractivity contribution is -0.143. The van der Waals surface area contributed by atoms with Crippen molar-refractivity contribution in [2.75, 3.05) is 0 Å². The van der Waals surface area contributed by atoms with Crippen LogP contribution in [-0.4, -0.2) is 17.7 Å². The summed E-state index contributed by atoms with van der Waals surface area (Å²) in [6.45, 7) is -1.68. The van der Waals surface area contributed by atoms with E-state index in [0.717, 1.165) is 0 Å². The van der Waals surface area contributed by atoms with Crippen LogP contribution in [0.15, 0.2) is 24.3 Å². The Morgan fingerprint density at radius 1 is 1.56 bits per heavy atom. The van der Waals surface area contributed by atoms with Crippen LogP contribution in [0.2, 0.25) is 0 Å². The Labute approximate surface area is 90.6 Å². The van der Waals surface area contributed by atoms with Gasteiger partial charge in [0.25, 0.3) is 0 Å². The number of nitrogens with two attached hydrogens (primary N) is 1. The number of carboxylic acids is 1. The summed E-state index contributed by atoms with van der Waals surface area (Å²) in [5, 5.41) is 8.85. The fraction of sp³-hybridized carbons (Fsp3) is 0.300. The van der Waals surface area contributed by atoms with Gasteiger partial charge in [-0.25, -0.2) is 4.79 Å². The summed E-state index contributed by atoms with van der Waals surface area (Å²) in [6.07, 6.45) is 0. The maximum absolute atomic E-state index is 11.9. The second-order valence-electron chi connectivity index (χ2n) is 3.41. The van der Waals surface area contributed by atoms with Gasteiger partial charge in [0.2, 0.25) is 0 Å². The quantitative estimate of drug-likeness (QED) is 0.824. The SMILES string of the molecule is CC(N)(C(=O)O)c1cccc(OC(F)F)c1. The first-order chi connectivity index (χ1) is 7.34. The van der Waals surface area contributed by atoms with Crippen LogP contribution in [0.1, 0.15) is 12.5 Å². The molecule has 6 heteroatoms. The number of benzene rings is 1. The molecular formula is C10H11F2NO3. The van der Waals surface area contributed by atoms with Crippen LogP contribution in [0.4, 0.5) is 8.78 Å². The monoisotopic (exact) mass is 231 g/mol. The van der Waals surface area contributed by atoms with E-state index in [9.17, 15) is 13.6 Å².